The van der Waals surface area contributed by atoms with E-state index < -0.39 is 34.1 Å². The van der Waals surface area contributed by atoms with Gasteiger partial charge in [0.25, 0.3) is 5.89 Å². The molecule has 0 N–H and O–H groups in total. The fourth-order valence-corrected chi connectivity index (χ4v) is 5.49. The lowest BCUT2D eigenvalue weighted by Crippen LogP contribution is -2.44. The molecule has 0 aliphatic rings. The topological polar surface area (TPSA) is 108 Å². The third kappa shape index (κ3) is 5.26. The molecule has 0 spiro atoms. The van der Waals surface area contributed by atoms with Crippen LogP contribution in [0.1, 0.15) is 60.1 Å². The Morgan fingerprint density at radius 2 is 1.60 bits per heavy atom. The van der Waals surface area contributed by atoms with Crippen molar-refractivity contribution in [3.8, 4) is 11.7 Å². The Labute approximate surface area is 207 Å². The Bertz CT molecular complexity index is 1290. The highest BCUT2D eigenvalue weighted by Gasteiger charge is 2.43. The van der Waals surface area contributed by atoms with Gasteiger partial charge in [0.2, 0.25) is 11.7 Å². The average molecular weight is 524 g/mol. The fraction of sp³-hybridized carbons (Fsp3) is 0.542. The minimum Gasteiger partial charge on any atom is -0.416 e. The summed E-state index contributed by atoms with van der Waals surface area (Å²) in [5, 5.41) is 12.2. The van der Waals surface area contributed by atoms with Crippen LogP contribution < -0.4 is 0 Å². The molecule has 1 aromatic carbocycles. The highest BCUT2D eigenvalue weighted by molar-refractivity contribution is 7.92. The predicted molar refractivity (Wildman–Crippen MR) is 133 cm³/mol. The number of sulfone groups is 1. The first-order chi connectivity index (χ1) is 15.9. The number of hydrogen-bond acceptors (Lipinski definition) is 8. The number of benzene rings is 1. The van der Waals surface area contributed by atoms with Gasteiger partial charge in [-0.3, -0.25) is 0 Å². The maximum absolute atomic E-state index is 13.3. The van der Waals surface area contributed by atoms with Crippen LogP contribution >= 0.6 is 0 Å². The average Bonchev–Trinajstić information content (AvgIpc) is 3.42. The summed E-state index contributed by atoms with van der Waals surface area (Å²) in [6.07, 6.45) is 0. The van der Waals surface area contributed by atoms with Gasteiger partial charge in [0.1, 0.15) is 10.6 Å². The fourth-order valence-electron chi connectivity index (χ4n) is 2.94. The first-order valence-electron chi connectivity index (χ1n) is 11.3. The normalized spacial score (nSPS) is 13.9. The lowest BCUT2D eigenvalue weighted by Gasteiger charge is -2.38. The molecular formula is C24H34FN3O5SSi. The number of halogens is 1. The predicted octanol–water partition coefficient (Wildman–Crippen LogP) is 5.87. The van der Waals surface area contributed by atoms with Gasteiger partial charge in [0, 0.05) is 18.1 Å². The molecule has 0 aliphatic carbocycles. The monoisotopic (exact) mass is 523 g/mol. The summed E-state index contributed by atoms with van der Waals surface area (Å²) in [6.45, 7) is 18.3. The lowest BCUT2D eigenvalue weighted by molar-refractivity contribution is 0.212. The van der Waals surface area contributed by atoms with E-state index in [0.717, 1.165) is 12.1 Å². The maximum atomic E-state index is 13.3. The van der Waals surface area contributed by atoms with E-state index in [2.05, 4.69) is 49.2 Å². The third-order valence-electron chi connectivity index (χ3n) is 6.75. The number of hydrogen-bond donors (Lipinski definition) is 0. The molecule has 2 aromatic heterocycles. The minimum atomic E-state index is -3.95. The Hall–Kier alpha value is -2.37. The first kappa shape index (κ1) is 27.2. The summed E-state index contributed by atoms with van der Waals surface area (Å²) in [6, 6.07) is 6.30. The van der Waals surface area contributed by atoms with Crippen molar-refractivity contribution >= 4 is 18.2 Å². The second kappa shape index (κ2) is 8.93. The summed E-state index contributed by atoms with van der Waals surface area (Å²) in [5.41, 5.74) is 0.217. The highest BCUT2D eigenvalue weighted by atomic mass is 32.2. The molecule has 0 radical (unpaired) electrons. The van der Waals surface area contributed by atoms with E-state index in [1.54, 1.807) is 6.07 Å². The van der Waals surface area contributed by atoms with Gasteiger partial charge in [-0.05, 0) is 56.2 Å². The first-order valence-corrected chi connectivity index (χ1v) is 15.7. The molecule has 0 bridgehead atoms. The van der Waals surface area contributed by atoms with Crippen molar-refractivity contribution in [1.82, 2.24) is 15.4 Å². The molecule has 35 heavy (non-hydrogen) atoms. The highest BCUT2D eigenvalue weighted by Crippen LogP contribution is 2.39. The van der Waals surface area contributed by atoms with Crippen LogP contribution in [0.2, 0.25) is 18.1 Å². The summed E-state index contributed by atoms with van der Waals surface area (Å²) in [4.78, 5) is -0.0471. The van der Waals surface area contributed by atoms with E-state index in [4.69, 9.17) is 13.4 Å². The van der Waals surface area contributed by atoms with Gasteiger partial charge < -0.3 is 13.4 Å². The van der Waals surface area contributed by atoms with Crippen molar-refractivity contribution in [2.24, 2.45) is 0 Å². The summed E-state index contributed by atoms with van der Waals surface area (Å²) >= 11 is 0. The van der Waals surface area contributed by atoms with Crippen molar-refractivity contribution in [2.75, 3.05) is 6.61 Å². The van der Waals surface area contributed by atoms with E-state index in [1.165, 1.54) is 26.0 Å². The molecule has 2 heterocycles. The Kier molecular flexibility index (Phi) is 6.95. The molecule has 192 valence electrons. The van der Waals surface area contributed by atoms with Crippen molar-refractivity contribution in [2.45, 2.75) is 81.7 Å². The third-order valence-corrected chi connectivity index (χ3v) is 13.6. The van der Waals surface area contributed by atoms with E-state index in [1.807, 2.05) is 13.8 Å². The van der Waals surface area contributed by atoms with Crippen LogP contribution in [0.15, 0.2) is 44.2 Å². The van der Waals surface area contributed by atoms with Gasteiger partial charge in [-0.15, -0.1) is 10.2 Å². The molecule has 3 rings (SSSR count). The zero-order valence-electron chi connectivity index (χ0n) is 21.8. The molecule has 0 aliphatic heterocycles. The molecule has 0 atom stereocenters. The van der Waals surface area contributed by atoms with E-state index in [9.17, 15) is 12.8 Å². The Balaban J connectivity index is 1.83. The summed E-state index contributed by atoms with van der Waals surface area (Å²) < 4.78 is 55.6. The largest absolute Gasteiger partial charge is 0.416 e. The zero-order chi connectivity index (χ0) is 26.4. The molecule has 0 fully saturated rings. The van der Waals surface area contributed by atoms with Crippen LogP contribution in [-0.4, -0.2) is 38.7 Å². The second-order valence-electron chi connectivity index (χ2n) is 11.4. The van der Waals surface area contributed by atoms with Gasteiger partial charge in [0.15, 0.2) is 18.2 Å². The maximum Gasteiger partial charge on any atom is 0.286 e. The summed E-state index contributed by atoms with van der Waals surface area (Å²) in [7, 11) is -5.90. The van der Waals surface area contributed by atoms with Gasteiger partial charge in [-0.1, -0.05) is 39.8 Å². The van der Waals surface area contributed by atoms with Crippen LogP contribution in [-0.2, 0) is 24.4 Å². The lowest BCUT2D eigenvalue weighted by atomic mass is 9.90. The SMILES string of the molecule is CC(C)(CO[Si](C)(C)C(C)(C)C)c1cc(-c2nnc(C(C)(C)S(=O)(=O)c3ccc(F)cc3)o2)on1. The molecule has 11 heteroatoms. The van der Waals surface area contributed by atoms with Gasteiger partial charge in [-0.2, -0.15) is 0 Å². The quantitative estimate of drug-likeness (QED) is 0.266. The second-order valence-corrected chi connectivity index (χ2v) is 18.7. The van der Waals surface area contributed by atoms with Crippen molar-refractivity contribution in [1.29, 1.82) is 0 Å². The number of aromatic nitrogens is 3. The van der Waals surface area contributed by atoms with Gasteiger partial charge >= 0.3 is 0 Å². The molecule has 3 aromatic rings. The zero-order valence-corrected chi connectivity index (χ0v) is 23.6. The van der Waals surface area contributed by atoms with Gasteiger partial charge in [0.05, 0.1) is 10.6 Å². The van der Waals surface area contributed by atoms with Gasteiger partial charge in [-0.25, -0.2) is 12.8 Å². The Morgan fingerprint density at radius 3 is 2.17 bits per heavy atom. The van der Waals surface area contributed by atoms with E-state index in [0.29, 0.717) is 12.3 Å². The number of nitrogens with zero attached hydrogens (tertiary/aromatic N) is 3. The van der Waals surface area contributed by atoms with Crippen molar-refractivity contribution < 1.29 is 26.2 Å². The Morgan fingerprint density at radius 1 is 1.00 bits per heavy atom. The molecule has 8 nitrogen and oxygen atoms in total. The van der Waals surface area contributed by atoms with Crippen molar-refractivity contribution in [3.05, 3.63) is 47.7 Å². The van der Waals surface area contributed by atoms with Crippen molar-refractivity contribution in [3.63, 3.8) is 0 Å². The molecular weight excluding hydrogens is 489 g/mol. The van der Waals surface area contributed by atoms with Crippen LogP contribution in [0.5, 0.6) is 0 Å². The summed E-state index contributed by atoms with van der Waals surface area (Å²) in [5.74, 6) is -0.396. The molecule has 0 unspecified atom stereocenters. The van der Waals surface area contributed by atoms with Crippen LogP contribution in [0.3, 0.4) is 0 Å². The standard InChI is InChI=1S/C24H34FN3O5SSi/c1-22(2,3)35(8,9)31-15-23(4,5)19-14-18(33-28-19)20-26-27-21(32-20)24(6,7)34(29,30)17-12-10-16(25)11-13-17/h10-14H,15H2,1-9H3. The number of rotatable bonds is 8. The van der Waals surface area contributed by atoms with Crippen LogP contribution in [0, 0.1) is 5.82 Å². The van der Waals surface area contributed by atoms with E-state index >= 15 is 0 Å². The minimum absolute atomic E-state index is 0.0160. The van der Waals surface area contributed by atoms with Crippen LogP contribution in [0.4, 0.5) is 4.39 Å². The molecule has 0 saturated carbocycles. The van der Waals surface area contributed by atoms with E-state index in [-0.39, 0.29) is 27.5 Å². The smallest absolute Gasteiger partial charge is 0.286 e. The molecule has 0 saturated heterocycles. The van der Waals surface area contributed by atoms with Crippen LogP contribution in [0.25, 0.3) is 11.7 Å². The molecule has 0 amide bonds.